The highest BCUT2D eigenvalue weighted by Crippen LogP contribution is 2.20. The molecule has 0 amide bonds. The topological polar surface area (TPSA) is 76.5 Å². The molecule has 0 saturated carbocycles. The minimum absolute atomic E-state index is 0.0353. The molecule has 0 radical (unpaired) electrons. The summed E-state index contributed by atoms with van der Waals surface area (Å²) in [5.41, 5.74) is 5.65. The molecule has 0 fully saturated rings. The van der Waals surface area contributed by atoms with E-state index in [0.29, 0.717) is 5.76 Å². The van der Waals surface area contributed by atoms with Gasteiger partial charge in [0.05, 0.1) is 0 Å². The summed E-state index contributed by atoms with van der Waals surface area (Å²) in [5.74, 6) is -0.439. The fourth-order valence-electron chi connectivity index (χ4n) is 0.972. The molecule has 72 valence electrons. The predicted molar refractivity (Wildman–Crippen MR) is 47.7 cm³/mol. The molecule has 0 aromatic carbocycles. The van der Waals surface area contributed by atoms with E-state index in [2.05, 4.69) is 0 Å². The van der Waals surface area contributed by atoms with Crippen molar-refractivity contribution < 1.29 is 14.3 Å². The average Bonchev–Trinajstić information content (AvgIpc) is 2.50. The van der Waals surface area contributed by atoms with Crippen LogP contribution >= 0.6 is 0 Å². The Morgan fingerprint density at radius 1 is 1.54 bits per heavy atom. The van der Waals surface area contributed by atoms with Gasteiger partial charge in [0.15, 0.2) is 0 Å². The van der Waals surface area contributed by atoms with E-state index >= 15 is 0 Å². The average molecular weight is 183 g/mol. The Hall–Kier alpha value is -1.29. The first-order valence-electron chi connectivity index (χ1n) is 4.11. The number of hydrogen-bond acceptors (Lipinski definition) is 3. The molecule has 4 nitrogen and oxygen atoms in total. The van der Waals surface area contributed by atoms with Gasteiger partial charge in [-0.25, -0.2) is 4.79 Å². The molecule has 1 rings (SSSR count). The lowest BCUT2D eigenvalue weighted by Crippen LogP contribution is -2.21. The van der Waals surface area contributed by atoms with Crippen molar-refractivity contribution in [1.29, 1.82) is 0 Å². The van der Waals surface area contributed by atoms with E-state index in [4.69, 9.17) is 15.3 Å². The first-order chi connectivity index (χ1) is 6.02. The molecule has 2 atom stereocenters. The van der Waals surface area contributed by atoms with Gasteiger partial charge in [-0.15, -0.1) is 0 Å². The highest BCUT2D eigenvalue weighted by Gasteiger charge is 2.16. The summed E-state index contributed by atoms with van der Waals surface area (Å²) >= 11 is 0. The molecule has 0 aliphatic heterocycles. The van der Waals surface area contributed by atoms with E-state index in [1.807, 2.05) is 13.8 Å². The number of hydrogen-bond donors (Lipinski definition) is 2. The third kappa shape index (κ3) is 2.09. The fraction of sp³-hybridized carbons (Fsp3) is 0.444. The molecule has 13 heavy (non-hydrogen) atoms. The minimum atomic E-state index is -1.05. The van der Waals surface area contributed by atoms with Crippen molar-refractivity contribution in [3.05, 3.63) is 23.7 Å². The summed E-state index contributed by atoms with van der Waals surface area (Å²) in [4.78, 5) is 10.5. The monoisotopic (exact) mass is 183 g/mol. The molecular weight excluding hydrogens is 170 g/mol. The summed E-state index contributed by atoms with van der Waals surface area (Å²) in [7, 11) is 0. The van der Waals surface area contributed by atoms with Crippen molar-refractivity contribution in [1.82, 2.24) is 0 Å². The van der Waals surface area contributed by atoms with Crippen LogP contribution in [0.15, 0.2) is 16.5 Å². The number of carboxylic acid groups (broad SMARTS) is 1. The van der Waals surface area contributed by atoms with E-state index < -0.39 is 5.97 Å². The number of carbonyl (C=O) groups is 1. The first kappa shape index (κ1) is 9.80. The van der Waals surface area contributed by atoms with Crippen LogP contribution in [-0.2, 0) is 0 Å². The third-order valence-electron chi connectivity index (χ3n) is 2.08. The molecule has 2 unspecified atom stereocenters. The summed E-state index contributed by atoms with van der Waals surface area (Å²) in [6, 6.07) is 3.04. The van der Waals surface area contributed by atoms with E-state index in [1.165, 1.54) is 6.07 Å². The number of carboxylic acids is 1. The maximum atomic E-state index is 10.5. The maximum Gasteiger partial charge on any atom is 0.371 e. The van der Waals surface area contributed by atoms with Crippen molar-refractivity contribution in [2.75, 3.05) is 0 Å². The number of furan rings is 1. The standard InChI is InChI=1S/C9H13NO3/c1-5(6(2)10)7-3-4-8(13-7)9(11)12/h3-6H,10H2,1-2H3,(H,11,12). The number of aromatic carboxylic acids is 1. The molecular formula is C9H13NO3. The van der Waals surface area contributed by atoms with E-state index in [0.717, 1.165) is 0 Å². The van der Waals surface area contributed by atoms with Crippen LogP contribution in [0.3, 0.4) is 0 Å². The SMILES string of the molecule is CC(N)C(C)c1ccc(C(=O)O)o1. The molecule has 0 aliphatic carbocycles. The van der Waals surface area contributed by atoms with Crippen molar-refractivity contribution in [3.63, 3.8) is 0 Å². The first-order valence-corrected chi connectivity index (χ1v) is 4.11. The zero-order valence-corrected chi connectivity index (χ0v) is 7.65. The van der Waals surface area contributed by atoms with Gasteiger partial charge >= 0.3 is 5.97 Å². The predicted octanol–water partition coefficient (Wildman–Crippen LogP) is 1.43. The molecule has 1 aromatic rings. The van der Waals surface area contributed by atoms with Crippen LogP contribution in [0.25, 0.3) is 0 Å². The second-order valence-corrected chi connectivity index (χ2v) is 3.15. The number of nitrogens with two attached hydrogens (primary N) is 1. The minimum Gasteiger partial charge on any atom is -0.475 e. The van der Waals surface area contributed by atoms with Gasteiger partial charge in [-0.3, -0.25) is 0 Å². The highest BCUT2D eigenvalue weighted by atomic mass is 16.4. The Labute approximate surface area is 76.3 Å². The van der Waals surface area contributed by atoms with Crippen molar-refractivity contribution >= 4 is 5.97 Å². The lowest BCUT2D eigenvalue weighted by molar-refractivity contribution is 0.0659. The van der Waals surface area contributed by atoms with Gasteiger partial charge in [-0.2, -0.15) is 0 Å². The molecule has 4 heteroatoms. The molecule has 1 heterocycles. The molecule has 0 bridgehead atoms. The van der Waals surface area contributed by atoms with E-state index in [9.17, 15) is 4.79 Å². The van der Waals surface area contributed by atoms with Gasteiger partial charge in [0.25, 0.3) is 0 Å². The van der Waals surface area contributed by atoms with Gasteiger partial charge in [-0.05, 0) is 19.1 Å². The molecule has 0 spiro atoms. The summed E-state index contributed by atoms with van der Waals surface area (Å²) in [6.45, 7) is 3.75. The van der Waals surface area contributed by atoms with Crippen LogP contribution in [0.1, 0.15) is 36.1 Å². The van der Waals surface area contributed by atoms with Gasteiger partial charge in [0, 0.05) is 12.0 Å². The van der Waals surface area contributed by atoms with E-state index in [1.54, 1.807) is 6.07 Å². The zero-order valence-electron chi connectivity index (χ0n) is 7.65. The Morgan fingerprint density at radius 2 is 2.15 bits per heavy atom. The zero-order chi connectivity index (χ0) is 10.0. The summed E-state index contributed by atoms with van der Waals surface area (Å²) in [6.07, 6.45) is 0. The fourth-order valence-corrected chi connectivity index (χ4v) is 0.972. The van der Waals surface area contributed by atoms with E-state index in [-0.39, 0.29) is 17.7 Å². The second-order valence-electron chi connectivity index (χ2n) is 3.15. The van der Waals surface area contributed by atoms with Gasteiger partial charge in [0.1, 0.15) is 5.76 Å². The lowest BCUT2D eigenvalue weighted by atomic mass is 10.0. The van der Waals surface area contributed by atoms with Gasteiger partial charge in [0.2, 0.25) is 5.76 Å². The Kier molecular flexibility index (Phi) is 2.72. The summed E-state index contributed by atoms with van der Waals surface area (Å²) < 4.78 is 5.09. The Bertz CT molecular complexity index is 304. The molecule has 3 N–H and O–H groups in total. The molecule has 0 aliphatic rings. The van der Waals surface area contributed by atoms with Crippen LogP contribution < -0.4 is 5.73 Å². The second kappa shape index (κ2) is 3.62. The van der Waals surface area contributed by atoms with Crippen molar-refractivity contribution in [3.8, 4) is 0 Å². The Morgan fingerprint density at radius 3 is 2.54 bits per heavy atom. The smallest absolute Gasteiger partial charge is 0.371 e. The van der Waals surface area contributed by atoms with Crippen molar-refractivity contribution in [2.24, 2.45) is 5.73 Å². The van der Waals surface area contributed by atoms with Crippen LogP contribution in [0.4, 0.5) is 0 Å². The summed E-state index contributed by atoms with van der Waals surface area (Å²) in [5, 5.41) is 8.59. The van der Waals surface area contributed by atoms with Crippen LogP contribution in [-0.4, -0.2) is 17.1 Å². The van der Waals surface area contributed by atoms with Crippen LogP contribution in [0.5, 0.6) is 0 Å². The largest absolute Gasteiger partial charge is 0.475 e. The van der Waals surface area contributed by atoms with Crippen LogP contribution in [0.2, 0.25) is 0 Å². The quantitative estimate of drug-likeness (QED) is 0.743. The maximum absolute atomic E-state index is 10.5. The van der Waals surface area contributed by atoms with Crippen LogP contribution in [0, 0.1) is 0 Å². The Balaban J connectivity index is 2.85. The number of rotatable bonds is 3. The van der Waals surface area contributed by atoms with Crippen molar-refractivity contribution in [2.45, 2.75) is 25.8 Å². The molecule has 0 saturated heterocycles. The lowest BCUT2D eigenvalue weighted by Gasteiger charge is -2.11. The molecule has 1 aromatic heterocycles. The van der Waals surface area contributed by atoms with Gasteiger partial charge in [-0.1, -0.05) is 6.92 Å². The third-order valence-corrected chi connectivity index (χ3v) is 2.08. The van der Waals surface area contributed by atoms with Gasteiger partial charge < -0.3 is 15.3 Å². The normalized spacial score (nSPS) is 15.3. The highest BCUT2D eigenvalue weighted by molar-refractivity contribution is 5.84.